The molecule has 0 saturated carbocycles. The molecule has 0 bridgehead atoms. The quantitative estimate of drug-likeness (QED) is 0.818. The largest absolute Gasteiger partial charge is 0.269 e. The minimum absolute atomic E-state index is 0.123. The van der Waals surface area contributed by atoms with Gasteiger partial charge in [0, 0.05) is 13.2 Å². The number of pyridine rings is 1. The number of benzene rings is 1. The molecule has 19 heavy (non-hydrogen) atoms. The number of hydrogen-bond acceptors (Lipinski definition) is 3. The molecule has 0 atom stereocenters. The highest BCUT2D eigenvalue weighted by molar-refractivity contribution is 7.92. The molecule has 0 unspecified atom stereocenters. The summed E-state index contributed by atoms with van der Waals surface area (Å²) in [4.78, 5) is 3.91. The molecule has 0 aliphatic heterocycles. The van der Waals surface area contributed by atoms with E-state index in [0.717, 1.165) is 5.56 Å². The molecule has 0 amide bonds. The lowest BCUT2D eigenvalue weighted by Crippen LogP contribution is -2.27. The Morgan fingerprint density at radius 1 is 1.21 bits per heavy atom. The number of anilines is 1. The second-order valence-electron chi connectivity index (χ2n) is 4.07. The Morgan fingerprint density at radius 3 is 2.53 bits per heavy atom. The lowest BCUT2D eigenvalue weighted by atomic mass is 10.2. The average Bonchev–Trinajstić information content (AvgIpc) is 2.38. The molecule has 0 saturated heterocycles. The Bertz CT molecular complexity index is 701. The maximum Gasteiger partial charge on any atom is 0.264 e. The van der Waals surface area contributed by atoms with Crippen LogP contribution in [0.5, 0.6) is 0 Å². The van der Waals surface area contributed by atoms with E-state index in [0.29, 0.717) is 5.69 Å². The van der Waals surface area contributed by atoms with Crippen LogP contribution in [0.4, 0.5) is 5.69 Å². The van der Waals surface area contributed by atoms with Crippen molar-refractivity contribution in [2.45, 2.75) is 11.8 Å². The summed E-state index contributed by atoms with van der Waals surface area (Å²) in [7, 11) is -2.11. The molecule has 2 aromatic rings. The van der Waals surface area contributed by atoms with Gasteiger partial charge >= 0.3 is 0 Å². The van der Waals surface area contributed by atoms with E-state index in [-0.39, 0.29) is 10.0 Å². The Labute approximate surface area is 117 Å². The fourth-order valence-electron chi connectivity index (χ4n) is 1.75. The Balaban J connectivity index is 2.49. The highest BCUT2D eigenvalue weighted by Gasteiger charge is 2.22. The van der Waals surface area contributed by atoms with Gasteiger partial charge in [-0.25, -0.2) is 13.4 Å². The van der Waals surface area contributed by atoms with Crippen LogP contribution in [0.2, 0.25) is 5.15 Å². The predicted molar refractivity (Wildman–Crippen MR) is 76.0 cm³/mol. The summed E-state index contributed by atoms with van der Waals surface area (Å²) in [5.41, 5.74) is 1.52. The highest BCUT2D eigenvalue weighted by Crippen LogP contribution is 2.25. The molecule has 6 heteroatoms. The van der Waals surface area contributed by atoms with Gasteiger partial charge < -0.3 is 0 Å². The third-order valence-electron chi connectivity index (χ3n) is 2.81. The maximum atomic E-state index is 12.5. The van der Waals surface area contributed by atoms with Gasteiger partial charge in [-0.1, -0.05) is 29.8 Å². The number of para-hydroxylation sites is 1. The first-order valence-electron chi connectivity index (χ1n) is 5.59. The first-order valence-corrected chi connectivity index (χ1v) is 7.41. The Morgan fingerprint density at radius 2 is 1.89 bits per heavy atom. The zero-order chi connectivity index (χ0) is 14.0. The summed E-state index contributed by atoms with van der Waals surface area (Å²) in [6.45, 7) is 1.86. The van der Waals surface area contributed by atoms with Crippen LogP contribution in [0.3, 0.4) is 0 Å². The zero-order valence-corrected chi connectivity index (χ0v) is 12.1. The number of rotatable bonds is 3. The lowest BCUT2D eigenvalue weighted by molar-refractivity contribution is 0.594. The molecule has 4 nitrogen and oxygen atoms in total. The summed E-state index contributed by atoms with van der Waals surface area (Å²) in [5.74, 6) is 0. The van der Waals surface area contributed by atoms with Gasteiger partial charge in [0.2, 0.25) is 0 Å². The fraction of sp³-hybridized carbons (Fsp3) is 0.154. The Kier molecular flexibility index (Phi) is 3.78. The molecule has 1 aromatic carbocycles. The molecule has 0 aliphatic carbocycles. The van der Waals surface area contributed by atoms with Gasteiger partial charge in [0.1, 0.15) is 5.15 Å². The van der Waals surface area contributed by atoms with Crippen molar-refractivity contribution in [1.29, 1.82) is 0 Å². The summed E-state index contributed by atoms with van der Waals surface area (Å²) >= 11 is 5.74. The number of aryl methyl sites for hydroxylation is 1. The van der Waals surface area contributed by atoms with E-state index < -0.39 is 10.0 Å². The van der Waals surface area contributed by atoms with E-state index in [9.17, 15) is 8.42 Å². The monoisotopic (exact) mass is 296 g/mol. The van der Waals surface area contributed by atoms with Crippen molar-refractivity contribution in [3.05, 3.63) is 53.3 Å². The van der Waals surface area contributed by atoms with Gasteiger partial charge in [-0.15, -0.1) is 0 Å². The minimum Gasteiger partial charge on any atom is -0.269 e. The first-order chi connectivity index (χ1) is 8.93. The lowest BCUT2D eigenvalue weighted by Gasteiger charge is -2.21. The third-order valence-corrected chi connectivity index (χ3v) is 4.79. The number of halogens is 1. The van der Waals surface area contributed by atoms with Crippen LogP contribution in [-0.2, 0) is 10.0 Å². The molecule has 100 valence electrons. The van der Waals surface area contributed by atoms with Crippen molar-refractivity contribution < 1.29 is 8.42 Å². The summed E-state index contributed by atoms with van der Waals surface area (Å²) in [5, 5.41) is 0.152. The molecule has 0 fully saturated rings. The van der Waals surface area contributed by atoms with Gasteiger partial charge in [-0.2, -0.15) is 0 Å². The van der Waals surface area contributed by atoms with Crippen LogP contribution in [-0.4, -0.2) is 20.4 Å². The molecule has 0 N–H and O–H groups in total. The number of nitrogens with zero attached hydrogens (tertiary/aromatic N) is 2. The number of hydrogen-bond donors (Lipinski definition) is 0. The van der Waals surface area contributed by atoms with Crippen LogP contribution in [0.25, 0.3) is 0 Å². The Hall–Kier alpha value is -1.59. The summed E-state index contributed by atoms with van der Waals surface area (Å²) in [6, 6.07) is 10.1. The van der Waals surface area contributed by atoms with E-state index in [1.165, 1.54) is 29.7 Å². The van der Waals surface area contributed by atoms with E-state index in [2.05, 4.69) is 4.98 Å². The smallest absolute Gasteiger partial charge is 0.264 e. The van der Waals surface area contributed by atoms with Crippen LogP contribution < -0.4 is 4.31 Å². The average molecular weight is 297 g/mol. The highest BCUT2D eigenvalue weighted by atomic mass is 35.5. The van der Waals surface area contributed by atoms with Gasteiger partial charge in [0.05, 0.1) is 10.6 Å². The maximum absolute atomic E-state index is 12.5. The van der Waals surface area contributed by atoms with Gasteiger partial charge in [0.15, 0.2) is 0 Å². The topological polar surface area (TPSA) is 50.3 Å². The van der Waals surface area contributed by atoms with Crippen LogP contribution >= 0.6 is 11.6 Å². The molecule has 1 aromatic heterocycles. The van der Waals surface area contributed by atoms with Crippen molar-refractivity contribution in [3.63, 3.8) is 0 Å². The van der Waals surface area contributed by atoms with Crippen molar-refractivity contribution in [2.75, 3.05) is 11.4 Å². The number of aromatic nitrogens is 1. The fourth-order valence-corrected chi connectivity index (χ4v) is 3.26. The predicted octanol–water partition coefficient (Wildman–Crippen LogP) is 2.87. The van der Waals surface area contributed by atoms with E-state index in [4.69, 9.17) is 11.6 Å². The second kappa shape index (κ2) is 5.19. The molecular formula is C13H13ClN2O2S. The van der Waals surface area contributed by atoms with Crippen molar-refractivity contribution >= 4 is 27.3 Å². The number of sulfonamides is 1. The van der Waals surface area contributed by atoms with E-state index in [1.807, 2.05) is 19.1 Å². The normalized spacial score (nSPS) is 11.3. The van der Waals surface area contributed by atoms with E-state index in [1.54, 1.807) is 12.1 Å². The molecule has 0 aliphatic rings. The molecule has 1 heterocycles. The first kappa shape index (κ1) is 13.8. The van der Waals surface area contributed by atoms with Crippen molar-refractivity contribution in [3.8, 4) is 0 Å². The van der Waals surface area contributed by atoms with Crippen molar-refractivity contribution in [2.24, 2.45) is 0 Å². The summed E-state index contributed by atoms with van der Waals surface area (Å²) < 4.78 is 26.2. The minimum atomic E-state index is -3.63. The van der Waals surface area contributed by atoms with Gasteiger partial charge in [-0.05, 0) is 30.7 Å². The molecule has 0 radical (unpaired) electrons. The van der Waals surface area contributed by atoms with Crippen molar-refractivity contribution in [1.82, 2.24) is 4.98 Å². The third kappa shape index (κ3) is 2.72. The molecule has 2 rings (SSSR count). The standard InChI is InChI=1S/C13H13ClN2O2S/c1-10-5-3-4-6-12(10)16(2)19(17,18)11-7-8-15-13(14)9-11/h3-9H,1-2H3. The van der Waals surface area contributed by atoms with Gasteiger partial charge in [-0.3, -0.25) is 4.31 Å². The summed E-state index contributed by atoms with van der Waals surface area (Å²) in [6.07, 6.45) is 1.38. The van der Waals surface area contributed by atoms with E-state index >= 15 is 0 Å². The molecule has 0 spiro atoms. The SMILES string of the molecule is Cc1ccccc1N(C)S(=O)(=O)c1ccnc(Cl)c1. The van der Waals surface area contributed by atoms with Crippen LogP contribution in [0.15, 0.2) is 47.5 Å². The second-order valence-corrected chi connectivity index (χ2v) is 6.43. The van der Waals surface area contributed by atoms with Crippen LogP contribution in [0, 0.1) is 6.92 Å². The zero-order valence-electron chi connectivity index (χ0n) is 10.5. The van der Waals surface area contributed by atoms with Crippen LogP contribution in [0.1, 0.15) is 5.56 Å². The molecular weight excluding hydrogens is 284 g/mol. The van der Waals surface area contributed by atoms with Gasteiger partial charge in [0.25, 0.3) is 10.0 Å².